The van der Waals surface area contributed by atoms with E-state index in [4.69, 9.17) is 4.99 Å². The summed E-state index contributed by atoms with van der Waals surface area (Å²) in [5.41, 5.74) is 0.728. The number of carbonyl (C=O) groups excluding carboxylic acids is 1. The molecule has 0 N–H and O–H groups in total. The van der Waals surface area contributed by atoms with Gasteiger partial charge in [-0.3, -0.25) is 9.79 Å². The summed E-state index contributed by atoms with van der Waals surface area (Å²) in [6.45, 7) is 0. The third-order valence-electron chi connectivity index (χ3n) is 3.87. The summed E-state index contributed by atoms with van der Waals surface area (Å²) < 4.78 is 0. The molecule has 1 saturated heterocycles. The van der Waals surface area contributed by atoms with Crippen LogP contribution in [-0.2, 0) is 4.79 Å². The molecule has 0 bridgehead atoms. The van der Waals surface area contributed by atoms with Crippen LogP contribution >= 0.6 is 27.7 Å². The van der Waals surface area contributed by atoms with E-state index in [-0.39, 0.29) is 11.3 Å². The third-order valence-corrected chi connectivity index (χ3v) is 6.05. The first-order valence-corrected chi connectivity index (χ1v) is 8.69. The van der Waals surface area contributed by atoms with Gasteiger partial charge in [0, 0.05) is 23.0 Å². The molecule has 2 heterocycles. The van der Waals surface area contributed by atoms with Crippen LogP contribution in [0.15, 0.2) is 17.3 Å². The predicted octanol–water partition coefficient (Wildman–Crippen LogP) is 2.95. The number of halogens is 1. The first-order valence-electron chi connectivity index (χ1n) is 6.52. The molecule has 1 saturated carbocycles. The Labute approximate surface area is 120 Å². The van der Waals surface area contributed by atoms with Crippen molar-refractivity contribution in [2.75, 3.05) is 11.1 Å². The van der Waals surface area contributed by atoms with E-state index < -0.39 is 5.54 Å². The first-order chi connectivity index (χ1) is 8.78. The van der Waals surface area contributed by atoms with Crippen molar-refractivity contribution in [3.05, 3.63) is 12.3 Å². The Kier molecular flexibility index (Phi) is 3.54. The number of β-lactam (4-membered cyclic amide) rings is 1. The number of hydrogen-bond donors (Lipinski definition) is 0. The van der Waals surface area contributed by atoms with Gasteiger partial charge in [0.2, 0.25) is 0 Å². The average Bonchev–Trinajstić information content (AvgIpc) is 2.45. The minimum absolute atomic E-state index is 0.158. The van der Waals surface area contributed by atoms with E-state index in [1.165, 1.54) is 25.0 Å². The highest BCUT2D eigenvalue weighted by atomic mass is 79.9. The van der Waals surface area contributed by atoms with E-state index >= 15 is 0 Å². The summed E-state index contributed by atoms with van der Waals surface area (Å²) in [5, 5.41) is 0.841. The van der Waals surface area contributed by atoms with Gasteiger partial charge in [0.05, 0.1) is 0 Å². The van der Waals surface area contributed by atoms with Crippen LogP contribution in [0.3, 0.4) is 0 Å². The number of nitrogens with zero attached hydrogens (tertiary/aromatic N) is 2. The monoisotopic (exact) mass is 328 g/mol. The molecule has 2 fully saturated rings. The van der Waals surface area contributed by atoms with Crippen LogP contribution in [0.5, 0.6) is 0 Å². The normalized spacial score (nSPS) is 35.2. The zero-order valence-electron chi connectivity index (χ0n) is 10.3. The van der Waals surface area contributed by atoms with Gasteiger partial charge < -0.3 is 4.90 Å². The molecule has 98 valence electrons. The summed E-state index contributed by atoms with van der Waals surface area (Å²) in [4.78, 5) is 19.1. The minimum atomic E-state index is -0.526. The van der Waals surface area contributed by atoms with Crippen molar-refractivity contribution in [1.29, 1.82) is 0 Å². The molecule has 1 aliphatic carbocycles. The maximum absolute atomic E-state index is 12.3. The van der Waals surface area contributed by atoms with Crippen molar-refractivity contribution in [3.8, 4) is 0 Å². The molecule has 2 aliphatic heterocycles. The van der Waals surface area contributed by atoms with E-state index in [9.17, 15) is 4.79 Å². The van der Waals surface area contributed by atoms with Gasteiger partial charge in [-0.25, -0.2) is 0 Å². The Bertz CT molecular complexity index is 415. The van der Waals surface area contributed by atoms with Crippen molar-refractivity contribution in [2.45, 2.75) is 43.0 Å². The number of carbonyl (C=O) groups is 1. The lowest BCUT2D eigenvalue weighted by atomic mass is 9.89. The van der Waals surface area contributed by atoms with Crippen molar-refractivity contribution in [2.24, 2.45) is 4.99 Å². The Morgan fingerprint density at radius 1 is 1.44 bits per heavy atom. The highest BCUT2D eigenvalue weighted by molar-refractivity contribution is 9.09. The summed E-state index contributed by atoms with van der Waals surface area (Å²) in [7, 11) is 0. The second-order valence-corrected chi connectivity index (χ2v) is 6.75. The molecule has 0 aromatic rings. The minimum Gasteiger partial charge on any atom is -0.302 e. The van der Waals surface area contributed by atoms with Gasteiger partial charge in [-0.15, -0.1) is 11.8 Å². The zero-order valence-corrected chi connectivity index (χ0v) is 12.7. The fourth-order valence-corrected chi connectivity index (χ4v) is 4.98. The van der Waals surface area contributed by atoms with Crippen LogP contribution in [0.25, 0.3) is 0 Å². The second-order valence-electron chi connectivity index (χ2n) is 5.08. The fraction of sp³-hybridized carbons (Fsp3) is 0.692. The zero-order chi connectivity index (χ0) is 12.6. The molecule has 1 amide bonds. The van der Waals surface area contributed by atoms with E-state index in [2.05, 4.69) is 15.9 Å². The molecule has 5 heteroatoms. The molecular formula is C13H17BrN2OS. The highest BCUT2D eigenvalue weighted by Crippen LogP contribution is 2.45. The maximum atomic E-state index is 12.3. The van der Waals surface area contributed by atoms with E-state index in [1.807, 2.05) is 28.9 Å². The Balaban J connectivity index is 1.86. The van der Waals surface area contributed by atoms with Crippen molar-refractivity contribution >= 4 is 39.3 Å². The van der Waals surface area contributed by atoms with Gasteiger partial charge in [0.25, 0.3) is 5.91 Å². The fourth-order valence-electron chi connectivity index (χ4n) is 2.88. The van der Waals surface area contributed by atoms with Crippen LogP contribution in [0.1, 0.15) is 32.1 Å². The van der Waals surface area contributed by atoms with Crippen molar-refractivity contribution in [3.63, 3.8) is 0 Å². The van der Waals surface area contributed by atoms with Crippen LogP contribution in [0.2, 0.25) is 0 Å². The van der Waals surface area contributed by atoms with Gasteiger partial charge in [0.15, 0.2) is 5.54 Å². The summed E-state index contributed by atoms with van der Waals surface area (Å²) in [5.74, 6) is 1.14. The molecular weight excluding hydrogens is 312 g/mol. The van der Waals surface area contributed by atoms with Crippen molar-refractivity contribution < 1.29 is 4.79 Å². The molecule has 0 unspecified atom stereocenters. The quantitative estimate of drug-likeness (QED) is 0.576. The van der Waals surface area contributed by atoms with E-state index in [0.29, 0.717) is 5.33 Å². The summed E-state index contributed by atoms with van der Waals surface area (Å²) >= 11 is 5.34. The lowest BCUT2D eigenvalue weighted by Crippen LogP contribution is -2.71. The molecule has 18 heavy (non-hydrogen) atoms. The van der Waals surface area contributed by atoms with E-state index in [0.717, 1.165) is 18.6 Å². The van der Waals surface area contributed by atoms with Crippen molar-refractivity contribution in [1.82, 2.24) is 4.90 Å². The van der Waals surface area contributed by atoms with Crippen LogP contribution in [0, 0.1) is 0 Å². The molecule has 3 aliphatic rings. The van der Waals surface area contributed by atoms with Crippen LogP contribution < -0.4 is 0 Å². The second kappa shape index (κ2) is 5.00. The topological polar surface area (TPSA) is 32.7 Å². The smallest absolute Gasteiger partial charge is 0.259 e. The van der Waals surface area contributed by atoms with Gasteiger partial charge >= 0.3 is 0 Å². The number of thioether (sulfide) groups is 1. The lowest BCUT2D eigenvalue weighted by molar-refractivity contribution is -0.146. The van der Waals surface area contributed by atoms with Gasteiger partial charge in [-0.05, 0) is 25.7 Å². The van der Waals surface area contributed by atoms with Gasteiger partial charge in [-0.2, -0.15) is 0 Å². The van der Waals surface area contributed by atoms with Gasteiger partial charge in [0.1, 0.15) is 5.37 Å². The number of fused-ring (bicyclic) bond motifs is 1. The standard InChI is InChI=1S/C13H17BrN2OS/c14-9-13(15-10-5-2-1-3-6-10)11(17)16-7-4-8-18-12(13)16/h4,7,12H,1-3,5-6,8-9H2/t12-,13+/m0/s1. The Morgan fingerprint density at radius 3 is 2.94 bits per heavy atom. The molecule has 0 spiro atoms. The number of rotatable bonds is 2. The summed E-state index contributed by atoms with van der Waals surface area (Å²) in [6.07, 6.45) is 9.89. The molecule has 3 nitrogen and oxygen atoms in total. The maximum Gasteiger partial charge on any atom is 0.259 e. The SMILES string of the molecule is O=C1N2C=CCS[C@H]2[C@]1(CBr)N=C1CCCCC1. The number of aliphatic imine (C=N–C) groups is 1. The number of amides is 1. The predicted molar refractivity (Wildman–Crippen MR) is 79.3 cm³/mol. The molecule has 0 aromatic heterocycles. The first kappa shape index (κ1) is 12.7. The highest BCUT2D eigenvalue weighted by Gasteiger charge is 2.60. The van der Waals surface area contributed by atoms with Crippen LogP contribution in [0.4, 0.5) is 0 Å². The average molecular weight is 329 g/mol. The largest absolute Gasteiger partial charge is 0.302 e. The molecule has 3 rings (SSSR count). The van der Waals surface area contributed by atoms with E-state index in [1.54, 1.807) is 0 Å². The Hall–Kier alpha value is -0.290. The number of hydrogen-bond acceptors (Lipinski definition) is 3. The van der Waals surface area contributed by atoms with Crippen LogP contribution in [-0.4, -0.2) is 38.5 Å². The summed E-state index contributed by atoms with van der Waals surface area (Å²) in [6, 6.07) is 0. The molecule has 2 atom stereocenters. The van der Waals surface area contributed by atoms with Gasteiger partial charge in [-0.1, -0.05) is 28.4 Å². The lowest BCUT2D eigenvalue weighted by Gasteiger charge is -2.52. The third kappa shape index (κ3) is 1.86. The molecule has 0 radical (unpaired) electrons. The molecule has 0 aromatic carbocycles. The number of alkyl halides is 1. The Morgan fingerprint density at radius 2 is 2.22 bits per heavy atom.